The zero-order valence-electron chi connectivity index (χ0n) is 14.6. The minimum atomic E-state index is -0.991. The second kappa shape index (κ2) is 6.75. The summed E-state index contributed by atoms with van der Waals surface area (Å²) in [5, 5.41) is 11.8. The number of hydrogen-bond acceptors (Lipinski definition) is 3. The van der Waals surface area contributed by atoms with Gasteiger partial charge in [-0.3, -0.25) is 0 Å². The van der Waals surface area contributed by atoms with Gasteiger partial charge >= 0.3 is 0 Å². The molecule has 1 aliphatic rings. The first kappa shape index (κ1) is 17.3. The molecule has 0 saturated carbocycles. The molecule has 0 radical (unpaired) electrons. The highest BCUT2D eigenvalue weighted by Gasteiger charge is 2.36. The predicted molar refractivity (Wildman–Crippen MR) is 105 cm³/mol. The van der Waals surface area contributed by atoms with E-state index in [-0.39, 0.29) is 0 Å². The largest absolute Gasteiger partial charge is 0.380 e. The van der Waals surface area contributed by atoms with Crippen molar-refractivity contribution in [2.75, 3.05) is 20.6 Å². The first-order valence-electron chi connectivity index (χ1n) is 8.40. The molecule has 126 valence electrons. The number of aliphatic hydroxyl groups is 1. The highest BCUT2D eigenvalue weighted by molar-refractivity contribution is 7.80. The van der Waals surface area contributed by atoms with Crippen molar-refractivity contribution in [1.29, 1.82) is 0 Å². The Labute approximate surface area is 150 Å². The van der Waals surface area contributed by atoms with Crippen LogP contribution < -0.4 is 0 Å². The maximum absolute atomic E-state index is 11.8. The van der Waals surface area contributed by atoms with E-state index in [2.05, 4.69) is 68.9 Å². The number of thiol groups is 1. The smallest absolute Gasteiger partial charge is 0.116 e. The van der Waals surface area contributed by atoms with Crippen molar-refractivity contribution in [3.63, 3.8) is 0 Å². The molecule has 2 nitrogen and oxygen atoms in total. The normalized spacial score (nSPS) is 19.1. The zero-order chi connectivity index (χ0) is 17.3. The fraction of sp³-hybridized carbons (Fsp3) is 0.333. The Balaban J connectivity index is 2.17. The Hall–Kier alpha value is -1.55. The van der Waals surface area contributed by atoms with Gasteiger partial charge in [-0.25, -0.2) is 0 Å². The molecule has 1 atom stereocenters. The Kier molecular flexibility index (Phi) is 4.86. The topological polar surface area (TPSA) is 23.5 Å². The summed E-state index contributed by atoms with van der Waals surface area (Å²) in [4.78, 5) is 3.07. The van der Waals surface area contributed by atoms with Crippen molar-refractivity contribution < 1.29 is 5.11 Å². The average molecular weight is 340 g/mol. The first-order chi connectivity index (χ1) is 11.4. The fourth-order valence-corrected chi connectivity index (χ4v) is 3.95. The minimum absolute atomic E-state index is 0.688. The van der Waals surface area contributed by atoms with Crippen LogP contribution in [0.15, 0.2) is 41.3 Å². The lowest BCUT2D eigenvalue weighted by molar-refractivity contribution is 0.0660. The van der Waals surface area contributed by atoms with Gasteiger partial charge in [-0.15, -0.1) is 12.6 Å². The summed E-state index contributed by atoms with van der Waals surface area (Å²) in [7, 11) is 4.13. The molecule has 0 spiro atoms. The Morgan fingerprint density at radius 1 is 1.08 bits per heavy atom. The molecule has 0 amide bonds. The monoisotopic (exact) mass is 339 g/mol. The number of aryl methyl sites for hydroxylation is 1. The van der Waals surface area contributed by atoms with Crippen LogP contribution in [0.25, 0.3) is 12.2 Å². The molecule has 0 bridgehead atoms. The maximum Gasteiger partial charge on any atom is 0.116 e. The van der Waals surface area contributed by atoms with Crippen LogP contribution in [-0.4, -0.2) is 30.6 Å². The van der Waals surface area contributed by atoms with E-state index in [9.17, 15) is 5.11 Å². The van der Waals surface area contributed by atoms with Crippen molar-refractivity contribution in [2.24, 2.45) is 0 Å². The highest BCUT2D eigenvalue weighted by Crippen LogP contribution is 2.43. The van der Waals surface area contributed by atoms with Gasteiger partial charge in [-0.05, 0) is 74.3 Å². The van der Waals surface area contributed by atoms with Crippen LogP contribution in [0.1, 0.15) is 40.7 Å². The van der Waals surface area contributed by atoms with Gasteiger partial charge < -0.3 is 10.0 Å². The number of hydrogen-bond donors (Lipinski definition) is 2. The fourth-order valence-electron chi connectivity index (χ4n) is 3.55. The molecule has 0 saturated heterocycles. The summed E-state index contributed by atoms with van der Waals surface area (Å²) in [6, 6.07) is 12.3. The SMILES string of the molecule is Cc1cc(S)c2c(c1)C(O)(CCCN(C)C)c1ccccc1C=C2. The molecule has 0 aromatic heterocycles. The summed E-state index contributed by atoms with van der Waals surface area (Å²) in [5.41, 5.74) is 4.18. The molecule has 0 heterocycles. The summed E-state index contributed by atoms with van der Waals surface area (Å²) in [5.74, 6) is 0. The van der Waals surface area contributed by atoms with E-state index in [1.807, 2.05) is 18.2 Å². The van der Waals surface area contributed by atoms with Gasteiger partial charge in [-0.1, -0.05) is 42.5 Å². The quantitative estimate of drug-likeness (QED) is 0.809. The molecule has 2 aromatic carbocycles. The number of nitrogens with zero attached hydrogens (tertiary/aromatic N) is 1. The van der Waals surface area contributed by atoms with Crippen LogP contribution in [0.3, 0.4) is 0 Å². The number of benzene rings is 2. The van der Waals surface area contributed by atoms with E-state index in [1.54, 1.807) is 0 Å². The van der Waals surface area contributed by atoms with Crippen LogP contribution in [-0.2, 0) is 5.60 Å². The van der Waals surface area contributed by atoms with Gasteiger partial charge in [0.2, 0.25) is 0 Å². The lowest BCUT2D eigenvalue weighted by atomic mass is 9.79. The minimum Gasteiger partial charge on any atom is -0.380 e. The summed E-state index contributed by atoms with van der Waals surface area (Å²) in [6.45, 7) is 3.01. The van der Waals surface area contributed by atoms with Crippen LogP contribution in [0.2, 0.25) is 0 Å². The summed E-state index contributed by atoms with van der Waals surface area (Å²) >= 11 is 4.66. The molecular formula is C21H25NOS. The van der Waals surface area contributed by atoms with Crippen LogP contribution in [0.5, 0.6) is 0 Å². The third-order valence-electron chi connectivity index (χ3n) is 4.73. The zero-order valence-corrected chi connectivity index (χ0v) is 15.5. The van der Waals surface area contributed by atoms with Gasteiger partial charge in [-0.2, -0.15) is 0 Å². The molecule has 0 fully saturated rings. The van der Waals surface area contributed by atoms with Gasteiger partial charge in [0, 0.05) is 4.90 Å². The standard InChI is InChI=1S/C21H25NOS/c1-15-13-19-17(20(24)14-15)10-9-16-7-4-5-8-18(16)21(19,23)11-6-12-22(2)3/h4-5,7-10,13-14,23-24H,6,11-12H2,1-3H3. The second-order valence-electron chi connectivity index (χ2n) is 6.93. The van der Waals surface area contributed by atoms with E-state index in [1.165, 1.54) is 0 Å². The number of rotatable bonds is 4. The van der Waals surface area contributed by atoms with E-state index >= 15 is 0 Å². The molecule has 2 aromatic rings. The van der Waals surface area contributed by atoms with E-state index < -0.39 is 5.60 Å². The van der Waals surface area contributed by atoms with Crippen molar-refractivity contribution in [1.82, 2.24) is 4.90 Å². The van der Waals surface area contributed by atoms with E-state index in [4.69, 9.17) is 0 Å². The molecule has 3 rings (SSSR count). The molecule has 1 N–H and O–H groups in total. The Bertz CT molecular complexity index is 781. The third-order valence-corrected chi connectivity index (χ3v) is 5.10. The van der Waals surface area contributed by atoms with Crippen molar-refractivity contribution >= 4 is 24.8 Å². The van der Waals surface area contributed by atoms with Crippen molar-refractivity contribution in [2.45, 2.75) is 30.3 Å². The van der Waals surface area contributed by atoms with Gasteiger partial charge in [0.15, 0.2) is 0 Å². The summed E-state index contributed by atoms with van der Waals surface area (Å²) < 4.78 is 0. The maximum atomic E-state index is 11.8. The molecular weight excluding hydrogens is 314 g/mol. The molecule has 3 heteroatoms. The highest BCUT2D eigenvalue weighted by atomic mass is 32.1. The Morgan fingerprint density at radius 2 is 1.83 bits per heavy atom. The molecule has 0 aliphatic heterocycles. The van der Waals surface area contributed by atoms with Gasteiger partial charge in [0.1, 0.15) is 5.60 Å². The number of fused-ring (bicyclic) bond motifs is 2. The van der Waals surface area contributed by atoms with Crippen molar-refractivity contribution in [3.8, 4) is 0 Å². The van der Waals surface area contributed by atoms with Crippen molar-refractivity contribution in [3.05, 3.63) is 64.2 Å². The van der Waals surface area contributed by atoms with E-state index in [0.717, 1.165) is 45.7 Å². The molecule has 24 heavy (non-hydrogen) atoms. The van der Waals surface area contributed by atoms with Gasteiger partial charge in [0.05, 0.1) is 0 Å². The Morgan fingerprint density at radius 3 is 2.58 bits per heavy atom. The van der Waals surface area contributed by atoms with Crippen LogP contribution in [0, 0.1) is 6.92 Å². The summed E-state index contributed by atoms with van der Waals surface area (Å²) in [6.07, 6.45) is 5.79. The van der Waals surface area contributed by atoms with Crippen LogP contribution >= 0.6 is 12.6 Å². The van der Waals surface area contributed by atoms with Crippen LogP contribution in [0.4, 0.5) is 0 Å². The average Bonchev–Trinajstić information content (AvgIpc) is 2.64. The van der Waals surface area contributed by atoms with Gasteiger partial charge in [0.25, 0.3) is 0 Å². The lowest BCUT2D eigenvalue weighted by Crippen LogP contribution is -2.30. The molecule has 1 unspecified atom stereocenters. The second-order valence-corrected chi connectivity index (χ2v) is 7.41. The molecule has 1 aliphatic carbocycles. The van der Waals surface area contributed by atoms with E-state index in [0.29, 0.717) is 6.42 Å². The third kappa shape index (κ3) is 3.16. The lowest BCUT2D eigenvalue weighted by Gasteiger charge is -2.32. The predicted octanol–water partition coefficient (Wildman–Crippen LogP) is 4.35. The first-order valence-corrected chi connectivity index (χ1v) is 8.85.